The Bertz CT molecular complexity index is 762. The molecule has 0 bridgehead atoms. The number of nitrogens with one attached hydrogen (secondary N) is 2. The summed E-state index contributed by atoms with van der Waals surface area (Å²) in [6.45, 7) is 2.12. The van der Waals surface area contributed by atoms with Gasteiger partial charge in [-0.1, -0.05) is 37.6 Å². The molecular formula is C17H17N3OS. The van der Waals surface area contributed by atoms with E-state index in [1.807, 2.05) is 41.8 Å². The van der Waals surface area contributed by atoms with Crippen LogP contribution in [-0.2, 0) is 6.42 Å². The molecule has 0 unspecified atom stereocenters. The van der Waals surface area contributed by atoms with Crippen LogP contribution >= 0.6 is 11.3 Å². The van der Waals surface area contributed by atoms with E-state index in [0.29, 0.717) is 5.69 Å². The minimum Gasteiger partial charge on any atom is -0.320 e. The number of aromatic nitrogens is 2. The minimum atomic E-state index is -0.192. The fourth-order valence-corrected chi connectivity index (χ4v) is 3.00. The van der Waals surface area contributed by atoms with E-state index in [1.54, 1.807) is 17.4 Å². The zero-order chi connectivity index (χ0) is 15.4. The van der Waals surface area contributed by atoms with Crippen LogP contribution in [0, 0.1) is 0 Å². The van der Waals surface area contributed by atoms with Crippen molar-refractivity contribution in [1.82, 2.24) is 10.2 Å². The number of aryl methyl sites for hydroxylation is 1. The highest BCUT2D eigenvalue weighted by Gasteiger charge is 2.13. The molecule has 5 heteroatoms. The van der Waals surface area contributed by atoms with E-state index in [4.69, 9.17) is 0 Å². The first-order valence-corrected chi connectivity index (χ1v) is 8.14. The number of hydrogen-bond donors (Lipinski definition) is 2. The summed E-state index contributed by atoms with van der Waals surface area (Å²) in [7, 11) is 0. The predicted octanol–water partition coefficient (Wildman–Crippen LogP) is 4.34. The molecule has 2 N–H and O–H groups in total. The maximum absolute atomic E-state index is 12.4. The summed E-state index contributed by atoms with van der Waals surface area (Å²) in [6, 6.07) is 13.6. The molecule has 2 heterocycles. The normalized spacial score (nSPS) is 10.6. The Morgan fingerprint density at radius 3 is 2.91 bits per heavy atom. The lowest BCUT2D eigenvalue weighted by Crippen LogP contribution is -2.13. The number of H-pyrrole nitrogens is 1. The third-order valence-electron chi connectivity index (χ3n) is 3.38. The molecular weight excluding hydrogens is 294 g/mol. The van der Waals surface area contributed by atoms with Crippen molar-refractivity contribution >= 4 is 22.9 Å². The van der Waals surface area contributed by atoms with Crippen molar-refractivity contribution in [3.05, 3.63) is 59.1 Å². The molecule has 1 amide bonds. The summed E-state index contributed by atoms with van der Waals surface area (Å²) in [5, 5.41) is 12.0. The average Bonchev–Trinajstić information content (AvgIpc) is 3.20. The van der Waals surface area contributed by atoms with E-state index in [1.165, 1.54) is 0 Å². The number of thiophene rings is 1. The highest BCUT2D eigenvalue weighted by molar-refractivity contribution is 7.13. The van der Waals surface area contributed by atoms with Gasteiger partial charge in [0.2, 0.25) is 0 Å². The molecule has 1 aromatic carbocycles. The van der Waals surface area contributed by atoms with Crippen LogP contribution in [0.3, 0.4) is 0 Å². The van der Waals surface area contributed by atoms with E-state index < -0.39 is 0 Å². The second-order valence-electron chi connectivity index (χ2n) is 5.01. The number of nitrogens with zero attached hydrogens (tertiary/aromatic N) is 1. The SMILES string of the molecule is CCCc1ccccc1NC(=O)c1cc(-c2cccs2)[nH]n1. The summed E-state index contributed by atoms with van der Waals surface area (Å²) in [4.78, 5) is 13.4. The Labute approximate surface area is 133 Å². The Balaban J connectivity index is 1.78. The van der Waals surface area contributed by atoms with E-state index in [-0.39, 0.29) is 5.91 Å². The van der Waals surface area contributed by atoms with Crippen molar-refractivity contribution < 1.29 is 4.79 Å². The van der Waals surface area contributed by atoms with Crippen molar-refractivity contribution in [2.75, 3.05) is 5.32 Å². The number of hydrogen-bond acceptors (Lipinski definition) is 3. The van der Waals surface area contributed by atoms with E-state index in [2.05, 4.69) is 22.4 Å². The van der Waals surface area contributed by atoms with Crippen molar-refractivity contribution in [3.8, 4) is 10.6 Å². The van der Waals surface area contributed by atoms with Gasteiger partial charge in [-0.3, -0.25) is 9.89 Å². The van der Waals surface area contributed by atoms with Gasteiger partial charge in [0, 0.05) is 5.69 Å². The second kappa shape index (κ2) is 6.58. The number of carbonyl (C=O) groups is 1. The lowest BCUT2D eigenvalue weighted by atomic mass is 10.1. The van der Waals surface area contributed by atoms with Gasteiger partial charge in [0.25, 0.3) is 5.91 Å². The van der Waals surface area contributed by atoms with Crippen LogP contribution in [0.5, 0.6) is 0 Å². The van der Waals surface area contributed by atoms with Crippen molar-refractivity contribution in [2.24, 2.45) is 0 Å². The van der Waals surface area contributed by atoms with Crippen LogP contribution in [0.4, 0.5) is 5.69 Å². The smallest absolute Gasteiger partial charge is 0.276 e. The fraction of sp³-hybridized carbons (Fsp3) is 0.176. The largest absolute Gasteiger partial charge is 0.320 e. The maximum Gasteiger partial charge on any atom is 0.276 e. The predicted molar refractivity (Wildman–Crippen MR) is 90.3 cm³/mol. The van der Waals surface area contributed by atoms with Crippen LogP contribution in [0.15, 0.2) is 47.8 Å². The maximum atomic E-state index is 12.4. The summed E-state index contributed by atoms with van der Waals surface area (Å²) in [6.07, 6.45) is 1.98. The zero-order valence-electron chi connectivity index (χ0n) is 12.3. The van der Waals surface area contributed by atoms with Gasteiger partial charge in [0.05, 0.1) is 10.6 Å². The second-order valence-corrected chi connectivity index (χ2v) is 5.95. The summed E-state index contributed by atoms with van der Waals surface area (Å²) < 4.78 is 0. The lowest BCUT2D eigenvalue weighted by Gasteiger charge is -2.09. The van der Waals surface area contributed by atoms with Crippen LogP contribution in [0.2, 0.25) is 0 Å². The highest BCUT2D eigenvalue weighted by Crippen LogP contribution is 2.23. The Morgan fingerprint density at radius 1 is 1.27 bits per heavy atom. The molecule has 0 spiro atoms. The number of aromatic amines is 1. The highest BCUT2D eigenvalue weighted by atomic mass is 32.1. The van der Waals surface area contributed by atoms with Crippen molar-refractivity contribution in [1.29, 1.82) is 0 Å². The van der Waals surface area contributed by atoms with Crippen LogP contribution in [-0.4, -0.2) is 16.1 Å². The third-order valence-corrected chi connectivity index (χ3v) is 4.29. The number of para-hydroxylation sites is 1. The number of amides is 1. The lowest BCUT2D eigenvalue weighted by molar-refractivity contribution is 0.102. The van der Waals surface area contributed by atoms with Gasteiger partial charge in [-0.05, 0) is 35.6 Å². The van der Waals surface area contributed by atoms with Gasteiger partial charge in [-0.25, -0.2) is 0 Å². The monoisotopic (exact) mass is 311 g/mol. The Hall–Kier alpha value is -2.40. The molecule has 112 valence electrons. The van der Waals surface area contributed by atoms with Crippen molar-refractivity contribution in [2.45, 2.75) is 19.8 Å². The molecule has 0 aliphatic carbocycles. The van der Waals surface area contributed by atoms with E-state index >= 15 is 0 Å². The third kappa shape index (κ3) is 3.09. The Morgan fingerprint density at radius 2 is 2.14 bits per heavy atom. The van der Waals surface area contributed by atoms with Gasteiger partial charge in [0.1, 0.15) is 0 Å². The molecule has 2 aromatic heterocycles. The first kappa shape index (κ1) is 14.5. The van der Waals surface area contributed by atoms with Gasteiger partial charge >= 0.3 is 0 Å². The molecule has 0 aliphatic rings. The molecule has 0 atom stereocenters. The minimum absolute atomic E-state index is 0.192. The number of anilines is 1. The zero-order valence-corrected chi connectivity index (χ0v) is 13.1. The number of rotatable bonds is 5. The first-order chi connectivity index (χ1) is 10.8. The van der Waals surface area contributed by atoms with Crippen LogP contribution in [0.1, 0.15) is 29.4 Å². The van der Waals surface area contributed by atoms with Crippen molar-refractivity contribution in [3.63, 3.8) is 0 Å². The molecule has 0 radical (unpaired) electrons. The van der Waals surface area contributed by atoms with Gasteiger partial charge in [-0.15, -0.1) is 11.3 Å². The molecule has 3 rings (SSSR count). The summed E-state index contributed by atoms with van der Waals surface area (Å²) in [5.74, 6) is -0.192. The summed E-state index contributed by atoms with van der Waals surface area (Å²) >= 11 is 1.61. The fourth-order valence-electron chi connectivity index (χ4n) is 2.31. The molecule has 0 fully saturated rings. The molecule has 22 heavy (non-hydrogen) atoms. The quantitative estimate of drug-likeness (QED) is 0.736. The van der Waals surface area contributed by atoms with Crippen LogP contribution < -0.4 is 5.32 Å². The number of carbonyl (C=O) groups excluding carboxylic acids is 1. The van der Waals surface area contributed by atoms with Gasteiger partial charge in [-0.2, -0.15) is 5.10 Å². The van der Waals surface area contributed by atoms with Crippen LogP contribution in [0.25, 0.3) is 10.6 Å². The first-order valence-electron chi connectivity index (χ1n) is 7.26. The van der Waals surface area contributed by atoms with Gasteiger partial charge < -0.3 is 5.32 Å². The molecule has 3 aromatic rings. The topological polar surface area (TPSA) is 57.8 Å². The van der Waals surface area contributed by atoms with Gasteiger partial charge in [0.15, 0.2) is 5.69 Å². The Kier molecular flexibility index (Phi) is 4.34. The molecule has 0 saturated carbocycles. The van der Waals surface area contributed by atoms with E-state index in [0.717, 1.165) is 34.7 Å². The summed E-state index contributed by atoms with van der Waals surface area (Å²) in [5.41, 5.74) is 3.26. The number of benzene rings is 1. The molecule has 4 nitrogen and oxygen atoms in total. The van der Waals surface area contributed by atoms with E-state index in [9.17, 15) is 4.79 Å². The standard InChI is InChI=1S/C17H17N3OS/c1-2-6-12-7-3-4-8-13(12)18-17(21)15-11-14(19-20-15)16-9-5-10-22-16/h3-5,7-11H,2,6H2,1H3,(H,18,21)(H,19,20). The molecule has 0 aliphatic heterocycles. The average molecular weight is 311 g/mol. The molecule has 0 saturated heterocycles.